The third-order valence-corrected chi connectivity index (χ3v) is 1.74. The SMILES string of the molecule is [2H]c1cc2oc(C(C)Cl)c([2H])c2c([2H])c1[2H]. The first-order chi connectivity index (χ1) is 7.43. The molecule has 1 atom stereocenters. The van der Waals surface area contributed by atoms with E-state index in [4.69, 9.17) is 21.5 Å². The Morgan fingerprint density at radius 1 is 1.58 bits per heavy atom. The van der Waals surface area contributed by atoms with Crippen molar-refractivity contribution in [2.45, 2.75) is 12.3 Å². The average molecular weight is 185 g/mol. The first-order valence-corrected chi connectivity index (χ1v) is 4.01. The molecule has 0 saturated carbocycles. The Labute approximate surface area is 81.6 Å². The smallest absolute Gasteiger partial charge is 0.134 e. The number of rotatable bonds is 1. The zero-order valence-corrected chi connectivity index (χ0v) is 7.20. The van der Waals surface area contributed by atoms with E-state index < -0.39 is 5.38 Å². The molecule has 2 heteroatoms. The lowest BCUT2D eigenvalue weighted by Gasteiger charge is -1.93. The van der Waals surface area contributed by atoms with Crippen molar-refractivity contribution in [3.05, 3.63) is 36.0 Å². The van der Waals surface area contributed by atoms with Crippen LogP contribution >= 0.6 is 11.6 Å². The predicted octanol–water partition coefficient (Wildman–Crippen LogP) is 3.73. The van der Waals surface area contributed by atoms with Crippen LogP contribution in [0.1, 0.15) is 23.5 Å². The van der Waals surface area contributed by atoms with Crippen LogP contribution < -0.4 is 0 Å². The van der Waals surface area contributed by atoms with E-state index in [-0.39, 0.29) is 40.9 Å². The average Bonchev–Trinajstić information content (AvgIpc) is 2.52. The van der Waals surface area contributed by atoms with Crippen LogP contribution in [0, 0.1) is 0 Å². The van der Waals surface area contributed by atoms with E-state index >= 15 is 0 Å². The zero-order valence-electron chi connectivity index (χ0n) is 10.4. The summed E-state index contributed by atoms with van der Waals surface area (Å²) in [5.41, 5.74) is 0.276. The molecule has 1 heterocycles. The molecule has 0 N–H and O–H groups in total. The van der Waals surface area contributed by atoms with Crippen molar-refractivity contribution in [1.29, 1.82) is 0 Å². The minimum Gasteiger partial charge on any atom is -0.460 e. The lowest BCUT2D eigenvalue weighted by molar-refractivity contribution is 0.551. The molecule has 2 aromatic rings. The van der Waals surface area contributed by atoms with Crippen molar-refractivity contribution in [2.24, 2.45) is 0 Å². The van der Waals surface area contributed by atoms with Crippen LogP contribution in [-0.2, 0) is 0 Å². The highest BCUT2D eigenvalue weighted by atomic mass is 35.5. The highest BCUT2D eigenvalue weighted by Crippen LogP contribution is 2.26. The number of furan rings is 1. The van der Waals surface area contributed by atoms with Crippen molar-refractivity contribution < 1.29 is 9.90 Å². The second-order valence-electron chi connectivity index (χ2n) is 2.49. The maximum atomic E-state index is 7.82. The molecule has 0 fully saturated rings. The normalized spacial score (nSPS) is 18.2. The third kappa shape index (κ3) is 1.21. The second kappa shape index (κ2) is 2.83. The van der Waals surface area contributed by atoms with E-state index in [1.807, 2.05) is 0 Å². The van der Waals surface area contributed by atoms with E-state index in [1.54, 1.807) is 6.92 Å². The first-order valence-electron chi connectivity index (χ1n) is 5.57. The molecular weight excluding hydrogens is 172 g/mol. The van der Waals surface area contributed by atoms with Gasteiger partial charge in [0.05, 0.1) is 10.9 Å². The fraction of sp³-hybridized carbons (Fsp3) is 0.200. The molecule has 0 radical (unpaired) electrons. The van der Waals surface area contributed by atoms with Gasteiger partial charge >= 0.3 is 0 Å². The predicted molar refractivity (Wildman–Crippen MR) is 50.5 cm³/mol. The molecule has 0 saturated heterocycles. The van der Waals surface area contributed by atoms with Crippen LogP contribution in [0.15, 0.2) is 34.7 Å². The van der Waals surface area contributed by atoms with Gasteiger partial charge in [-0.2, -0.15) is 0 Å². The van der Waals surface area contributed by atoms with Gasteiger partial charge in [-0.25, -0.2) is 0 Å². The van der Waals surface area contributed by atoms with Crippen LogP contribution in [0.4, 0.5) is 0 Å². The van der Waals surface area contributed by atoms with Crippen molar-refractivity contribution in [1.82, 2.24) is 0 Å². The van der Waals surface area contributed by atoms with Gasteiger partial charge in [-0.15, -0.1) is 11.6 Å². The fourth-order valence-electron chi connectivity index (χ4n) is 0.955. The molecular formula is C10H9ClO. The highest BCUT2D eigenvalue weighted by Gasteiger charge is 2.07. The van der Waals surface area contributed by atoms with Crippen LogP contribution in [-0.4, -0.2) is 0 Å². The Morgan fingerprint density at radius 2 is 2.42 bits per heavy atom. The summed E-state index contributed by atoms with van der Waals surface area (Å²) in [6.45, 7) is 1.67. The number of hydrogen-bond acceptors (Lipinski definition) is 1. The number of fused-ring (bicyclic) bond motifs is 1. The second-order valence-corrected chi connectivity index (χ2v) is 3.14. The highest BCUT2D eigenvalue weighted by molar-refractivity contribution is 6.20. The van der Waals surface area contributed by atoms with Gasteiger partial charge in [0.2, 0.25) is 0 Å². The summed E-state index contributed by atoms with van der Waals surface area (Å²) in [7, 11) is 0. The summed E-state index contributed by atoms with van der Waals surface area (Å²) in [6, 6.07) is 0.947. The topological polar surface area (TPSA) is 13.1 Å². The molecule has 0 spiro atoms. The molecule has 0 aliphatic heterocycles. The van der Waals surface area contributed by atoms with Crippen molar-refractivity contribution in [2.75, 3.05) is 0 Å². The largest absolute Gasteiger partial charge is 0.460 e. The van der Waals surface area contributed by atoms with Crippen LogP contribution in [0.2, 0.25) is 0 Å². The quantitative estimate of drug-likeness (QED) is 0.616. The number of para-hydroxylation sites is 1. The Kier molecular flexibility index (Phi) is 1.02. The molecule has 1 nitrogen and oxygen atoms in total. The van der Waals surface area contributed by atoms with E-state index in [2.05, 4.69) is 0 Å². The lowest BCUT2D eigenvalue weighted by atomic mass is 10.2. The van der Waals surface area contributed by atoms with Gasteiger partial charge in [0, 0.05) is 5.39 Å². The van der Waals surface area contributed by atoms with Crippen LogP contribution in [0.25, 0.3) is 11.0 Å². The van der Waals surface area contributed by atoms with Gasteiger partial charge in [-0.3, -0.25) is 0 Å². The summed E-state index contributed by atoms with van der Waals surface area (Å²) in [5.74, 6) is 0.273. The third-order valence-electron chi connectivity index (χ3n) is 1.54. The molecule has 2 rings (SSSR count). The van der Waals surface area contributed by atoms with Gasteiger partial charge < -0.3 is 4.42 Å². The van der Waals surface area contributed by atoms with Crippen molar-refractivity contribution in [3.63, 3.8) is 0 Å². The Bertz CT molecular complexity index is 562. The Balaban J connectivity index is 2.88. The summed E-state index contributed by atoms with van der Waals surface area (Å²) >= 11 is 5.84. The van der Waals surface area contributed by atoms with E-state index in [1.165, 1.54) is 6.07 Å². The van der Waals surface area contributed by atoms with Crippen LogP contribution in [0.3, 0.4) is 0 Å². The van der Waals surface area contributed by atoms with E-state index in [0.717, 1.165) is 0 Å². The standard InChI is InChI=1S/C10H9ClO/c1-7(11)10-6-8-4-2-3-5-9(8)12-10/h2-7H,1H3/i2D,3D,4D,6D. The van der Waals surface area contributed by atoms with Gasteiger partial charge in [-0.1, -0.05) is 18.1 Å². The summed E-state index contributed by atoms with van der Waals surface area (Å²) in [4.78, 5) is 0. The molecule has 1 aromatic heterocycles. The summed E-state index contributed by atoms with van der Waals surface area (Å²) < 4.78 is 35.8. The number of hydrogen-bond donors (Lipinski definition) is 0. The summed E-state index contributed by atoms with van der Waals surface area (Å²) in [6.07, 6.45) is 0. The van der Waals surface area contributed by atoms with Gasteiger partial charge in [0.25, 0.3) is 0 Å². The Hall–Kier alpha value is -0.950. The van der Waals surface area contributed by atoms with E-state index in [9.17, 15) is 0 Å². The maximum Gasteiger partial charge on any atom is 0.134 e. The number of halogens is 1. The lowest BCUT2D eigenvalue weighted by Crippen LogP contribution is -1.75. The molecule has 1 aromatic carbocycles. The molecule has 0 aliphatic carbocycles. The monoisotopic (exact) mass is 184 g/mol. The number of benzene rings is 1. The first kappa shape index (κ1) is 4.33. The zero-order chi connectivity index (χ0) is 12.0. The van der Waals surface area contributed by atoms with Gasteiger partial charge in [0.1, 0.15) is 11.3 Å². The van der Waals surface area contributed by atoms with Crippen LogP contribution in [0.5, 0.6) is 0 Å². The minimum absolute atomic E-state index is 0.0380. The molecule has 62 valence electrons. The molecule has 0 amide bonds. The minimum atomic E-state index is -0.470. The molecule has 0 aliphatic rings. The number of alkyl halides is 1. The van der Waals surface area contributed by atoms with Gasteiger partial charge in [0.15, 0.2) is 0 Å². The molecule has 0 bridgehead atoms. The van der Waals surface area contributed by atoms with Crippen molar-refractivity contribution >= 4 is 22.6 Å². The fourth-order valence-corrected chi connectivity index (χ4v) is 1.05. The maximum absolute atomic E-state index is 7.82. The molecule has 12 heavy (non-hydrogen) atoms. The van der Waals surface area contributed by atoms with Gasteiger partial charge in [-0.05, 0) is 19.0 Å². The van der Waals surface area contributed by atoms with E-state index in [0.29, 0.717) is 0 Å². The van der Waals surface area contributed by atoms with Crippen molar-refractivity contribution in [3.8, 4) is 0 Å². The summed E-state index contributed by atoms with van der Waals surface area (Å²) in [5, 5.41) is -0.217. The Morgan fingerprint density at radius 3 is 3.17 bits per heavy atom. The molecule has 1 unspecified atom stereocenters.